The molecule has 0 heterocycles. The number of carbonyl (C=O) groups is 3. The summed E-state index contributed by atoms with van der Waals surface area (Å²) in [6.07, 6.45) is -0.393. The molecule has 41 heavy (non-hydrogen) atoms. The first-order valence-corrected chi connectivity index (χ1v) is 14.1. The van der Waals surface area contributed by atoms with E-state index in [4.69, 9.17) is 4.74 Å². The molecule has 0 radical (unpaired) electrons. The van der Waals surface area contributed by atoms with E-state index in [1.165, 1.54) is 4.90 Å². The van der Waals surface area contributed by atoms with E-state index >= 15 is 0 Å². The van der Waals surface area contributed by atoms with Gasteiger partial charge in [-0.15, -0.1) is 0 Å². The molecule has 3 amide bonds. The van der Waals surface area contributed by atoms with Crippen molar-refractivity contribution in [2.45, 2.75) is 72.6 Å². The Balaban J connectivity index is 2.03. The number of nitrogens with zero attached hydrogens (tertiary/aromatic N) is 1. The summed E-state index contributed by atoms with van der Waals surface area (Å²) in [7, 11) is 0. The van der Waals surface area contributed by atoms with E-state index in [1.807, 2.05) is 88.4 Å². The molecule has 2 atom stereocenters. The fourth-order valence-electron chi connectivity index (χ4n) is 4.70. The minimum Gasteiger partial charge on any atom is -0.444 e. The maximum Gasteiger partial charge on any atom is 0.408 e. The smallest absolute Gasteiger partial charge is 0.408 e. The first-order valence-electron chi connectivity index (χ1n) is 14.1. The summed E-state index contributed by atoms with van der Waals surface area (Å²) >= 11 is 0. The lowest BCUT2D eigenvalue weighted by Gasteiger charge is -2.34. The summed E-state index contributed by atoms with van der Waals surface area (Å²) < 4.78 is 5.43. The maximum atomic E-state index is 14.1. The van der Waals surface area contributed by atoms with Gasteiger partial charge in [-0.25, -0.2) is 4.79 Å². The SMILES string of the molecule is Cc1ccc(C(C(=O)Nc2ccc3ccccc3c2)N(CCO)C(=O)C(CC(C)C)NC(=O)OC(C)(C)C)cc1C. The van der Waals surface area contributed by atoms with Crippen LogP contribution in [-0.4, -0.2) is 52.7 Å². The number of ether oxygens (including phenoxy) is 1. The van der Waals surface area contributed by atoms with Crippen LogP contribution in [0.15, 0.2) is 60.7 Å². The molecule has 0 aromatic heterocycles. The zero-order valence-electron chi connectivity index (χ0n) is 25.2. The molecule has 0 aliphatic heterocycles. The molecule has 0 aliphatic carbocycles. The van der Waals surface area contributed by atoms with Gasteiger partial charge in [0.2, 0.25) is 5.91 Å². The molecule has 3 aromatic carbocycles. The van der Waals surface area contributed by atoms with E-state index in [0.717, 1.165) is 21.9 Å². The van der Waals surface area contributed by atoms with Crippen LogP contribution in [0.5, 0.6) is 0 Å². The van der Waals surface area contributed by atoms with Crippen LogP contribution in [0, 0.1) is 19.8 Å². The van der Waals surface area contributed by atoms with Gasteiger partial charge in [0.15, 0.2) is 0 Å². The minimum absolute atomic E-state index is 0.0568. The molecule has 0 saturated carbocycles. The molecule has 2 unspecified atom stereocenters. The second kappa shape index (κ2) is 13.6. The Kier molecular flexibility index (Phi) is 10.5. The van der Waals surface area contributed by atoms with Crippen molar-refractivity contribution in [1.29, 1.82) is 0 Å². The van der Waals surface area contributed by atoms with Crippen molar-refractivity contribution in [2.24, 2.45) is 5.92 Å². The number of amides is 3. The zero-order valence-corrected chi connectivity index (χ0v) is 25.2. The number of nitrogens with one attached hydrogen (secondary N) is 2. The number of aliphatic hydroxyl groups excluding tert-OH is 1. The molecule has 3 rings (SSSR count). The summed E-state index contributed by atoms with van der Waals surface area (Å²) in [6, 6.07) is 17.1. The number of carbonyl (C=O) groups excluding carboxylic acids is 3. The van der Waals surface area contributed by atoms with Crippen molar-refractivity contribution in [2.75, 3.05) is 18.5 Å². The van der Waals surface area contributed by atoms with Gasteiger partial charge in [-0.3, -0.25) is 9.59 Å². The monoisotopic (exact) mass is 561 g/mol. The number of alkyl carbamates (subject to hydrolysis) is 1. The summed E-state index contributed by atoms with van der Waals surface area (Å²) in [5, 5.41) is 17.7. The predicted molar refractivity (Wildman–Crippen MR) is 163 cm³/mol. The van der Waals surface area contributed by atoms with Crippen LogP contribution in [0.3, 0.4) is 0 Å². The average molecular weight is 562 g/mol. The number of benzene rings is 3. The fourth-order valence-corrected chi connectivity index (χ4v) is 4.70. The van der Waals surface area contributed by atoms with Crippen molar-refractivity contribution in [1.82, 2.24) is 10.2 Å². The van der Waals surface area contributed by atoms with Gasteiger partial charge in [-0.2, -0.15) is 0 Å². The summed E-state index contributed by atoms with van der Waals surface area (Å²) in [4.78, 5) is 42.2. The Hall–Kier alpha value is -3.91. The van der Waals surface area contributed by atoms with Crippen LogP contribution in [0.4, 0.5) is 10.5 Å². The van der Waals surface area contributed by atoms with Crippen LogP contribution in [0.25, 0.3) is 10.8 Å². The second-order valence-electron chi connectivity index (χ2n) is 11.9. The Morgan fingerprint density at radius 3 is 2.22 bits per heavy atom. The fraction of sp³-hybridized carbons (Fsp3) is 0.424. The predicted octanol–water partition coefficient (Wildman–Crippen LogP) is 5.90. The van der Waals surface area contributed by atoms with E-state index < -0.39 is 35.6 Å². The topological polar surface area (TPSA) is 108 Å². The van der Waals surface area contributed by atoms with Gasteiger partial charge in [-0.05, 0) is 86.6 Å². The molecular weight excluding hydrogens is 518 g/mol. The third kappa shape index (κ3) is 8.79. The first kappa shape index (κ1) is 31.6. The molecular formula is C33H43N3O5. The number of aliphatic hydroxyl groups is 1. The van der Waals surface area contributed by atoms with Crippen LogP contribution < -0.4 is 10.6 Å². The van der Waals surface area contributed by atoms with Gasteiger partial charge >= 0.3 is 6.09 Å². The van der Waals surface area contributed by atoms with E-state index in [2.05, 4.69) is 10.6 Å². The summed E-state index contributed by atoms with van der Waals surface area (Å²) in [5.74, 6) is -0.845. The lowest BCUT2D eigenvalue weighted by molar-refractivity contribution is -0.141. The Morgan fingerprint density at radius 1 is 0.927 bits per heavy atom. The molecule has 0 fully saturated rings. The van der Waals surface area contributed by atoms with Crippen molar-refractivity contribution in [3.05, 3.63) is 77.4 Å². The third-order valence-corrected chi connectivity index (χ3v) is 6.74. The van der Waals surface area contributed by atoms with E-state index in [1.54, 1.807) is 20.8 Å². The van der Waals surface area contributed by atoms with Gasteiger partial charge in [0.25, 0.3) is 5.91 Å². The number of fused-ring (bicyclic) bond motifs is 1. The quantitative estimate of drug-likeness (QED) is 0.286. The van der Waals surface area contributed by atoms with E-state index in [9.17, 15) is 19.5 Å². The highest BCUT2D eigenvalue weighted by atomic mass is 16.6. The van der Waals surface area contributed by atoms with Crippen molar-refractivity contribution in [3.8, 4) is 0 Å². The maximum absolute atomic E-state index is 14.1. The molecule has 220 valence electrons. The molecule has 3 N–H and O–H groups in total. The molecule has 0 aliphatic rings. The summed E-state index contributed by atoms with van der Waals surface area (Å²) in [6.45, 7) is 12.6. The standard InChI is InChI=1S/C33H43N3O5/c1-21(2)18-28(35-32(40)41-33(5,6)7)31(39)36(16-17-37)29(26-13-12-22(3)23(4)19-26)30(38)34-27-15-14-24-10-8-9-11-25(24)20-27/h8-15,19-21,28-29,37H,16-18H2,1-7H3,(H,34,38)(H,35,40). The third-order valence-electron chi connectivity index (χ3n) is 6.74. The lowest BCUT2D eigenvalue weighted by atomic mass is 9.97. The van der Waals surface area contributed by atoms with Crippen LogP contribution in [-0.2, 0) is 14.3 Å². The summed E-state index contributed by atoms with van der Waals surface area (Å²) in [5.41, 5.74) is 2.46. The molecule has 3 aromatic rings. The Bertz CT molecular complexity index is 1380. The van der Waals surface area contributed by atoms with Gasteiger partial charge in [-0.1, -0.05) is 62.4 Å². The molecule has 0 bridgehead atoms. The normalized spacial score (nSPS) is 13.0. The minimum atomic E-state index is -1.06. The molecule has 8 nitrogen and oxygen atoms in total. The Morgan fingerprint density at radius 2 is 1.61 bits per heavy atom. The zero-order chi connectivity index (χ0) is 30.3. The molecule has 0 saturated heterocycles. The number of aryl methyl sites for hydroxylation is 2. The highest BCUT2D eigenvalue weighted by Gasteiger charge is 2.36. The highest BCUT2D eigenvalue weighted by Crippen LogP contribution is 2.28. The average Bonchev–Trinajstić information content (AvgIpc) is 2.88. The van der Waals surface area contributed by atoms with Crippen LogP contribution in [0.2, 0.25) is 0 Å². The van der Waals surface area contributed by atoms with Gasteiger partial charge in [0.1, 0.15) is 17.7 Å². The van der Waals surface area contributed by atoms with Gasteiger partial charge in [0.05, 0.1) is 6.61 Å². The van der Waals surface area contributed by atoms with Crippen molar-refractivity contribution in [3.63, 3.8) is 0 Å². The second-order valence-corrected chi connectivity index (χ2v) is 11.9. The largest absolute Gasteiger partial charge is 0.444 e. The number of hydrogen-bond donors (Lipinski definition) is 3. The van der Waals surface area contributed by atoms with Crippen LogP contribution >= 0.6 is 0 Å². The van der Waals surface area contributed by atoms with Crippen molar-refractivity contribution >= 4 is 34.4 Å². The first-order chi connectivity index (χ1) is 19.3. The number of anilines is 1. The van der Waals surface area contributed by atoms with Gasteiger partial charge in [0, 0.05) is 12.2 Å². The molecule has 8 heteroatoms. The van der Waals surface area contributed by atoms with Crippen molar-refractivity contribution < 1.29 is 24.2 Å². The van der Waals surface area contributed by atoms with E-state index in [-0.39, 0.29) is 19.1 Å². The molecule has 0 spiro atoms. The number of hydrogen-bond acceptors (Lipinski definition) is 5. The number of rotatable bonds is 10. The van der Waals surface area contributed by atoms with E-state index in [0.29, 0.717) is 17.7 Å². The van der Waals surface area contributed by atoms with Gasteiger partial charge < -0.3 is 25.4 Å². The highest BCUT2D eigenvalue weighted by molar-refractivity contribution is 6.00. The lowest BCUT2D eigenvalue weighted by Crippen LogP contribution is -2.53. The van der Waals surface area contributed by atoms with Crippen LogP contribution in [0.1, 0.15) is 63.8 Å². The Labute approximate surface area is 243 Å².